The van der Waals surface area contributed by atoms with Crippen LogP contribution in [-0.4, -0.2) is 38.3 Å². The molecule has 2 atom stereocenters. The molecule has 1 aliphatic rings. The van der Waals surface area contributed by atoms with Crippen LogP contribution < -0.4 is 10.6 Å². The fourth-order valence-electron chi connectivity index (χ4n) is 2.16. The summed E-state index contributed by atoms with van der Waals surface area (Å²) in [6.45, 7) is 1.56. The third kappa shape index (κ3) is 2.16. The molecule has 0 aliphatic carbocycles. The van der Waals surface area contributed by atoms with Crippen molar-refractivity contribution in [1.29, 1.82) is 0 Å². The van der Waals surface area contributed by atoms with E-state index in [0.717, 1.165) is 18.0 Å². The zero-order chi connectivity index (χ0) is 12.5. The molecule has 96 valence electrons. The van der Waals surface area contributed by atoms with Crippen LogP contribution in [0.5, 0.6) is 0 Å². The third-order valence-electron chi connectivity index (χ3n) is 3.14. The van der Waals surface area contributed by atoms with E-state index in [9.17, 15) is 4.79 Å². The van der Waals surface area contributed by atoms with Crippen molar-refractivity contribution in [3.8, 4) is 0 Å². The number of carbonyl (C=O) groups is 1. The maximum Gasteiger partial charge on any atom is 0.261 e. The van der Waals surface area contributed by atoms with E-state index in [0.29, 0.717) is 0 Å². The average molecular weight is 282 g/mol. The van der Waals surface area contributed by atoms with Crippen molar-refractivity contribution in [2.24, 2.45) is 0 Å². The van der Waals surface area contributed by atoms with E-state index >= 15 is 0 Å². The number of hydrogen-bond donors (Lipinski definition) is 2. The molecule has 1 saturated heterocycles. The standard InChI is InChI=1S/C12H14N2O2S2/c1-16-8-6-13-5-7(8)14-12(15)11-4-10-9(18-11)2-3-17-10/h2-4,7-8,13H,5-6H2,1H3,(H,14,15)/t7?,8-/m0/s1. The van der Waals surface area contributed by atoms with Gasteiger partial charge in [-0.1, -0.05) is 0 Å². The predicted octanol–water partition coefficient (Wildman–Crippen LogP) is 1.68. The summed E-state index contributed by atoms with van der Waals surface area (Å²) in [5, 5.41) is 8.30. The van der Waals surface area contributed by atoms with Crippen molar-refractivity contribution in [2.75, 3.05) is 20.2 Å². The number of rotatable bonds is 3. The summed E-state index contributed by atoms with van der Waals surface area (Å²) in [7, 11) is 1.68. The van der Waals surface area contributed by atoms with Crippen molar-refractivity contribution < 1.29 is 9.53 Å². The fraction of sp³-hybridized carbons (Fsp3) is 0.417. The molecule has 1 aliphatic heterocycles. The lowest BCUT2D eigenvalue weighted by atomic mass is 10.2. The highest BCUT2D eigenvalue weighted by Crippen LogP contribution is 2.29. The van der Waals surface area contributed by atoms with Crippen LogP contribution in [0.1, 0.15) is 9.67 Å². The number of hydrogen-bond acceptors (Lipinski definition) is 5. The van der Waals surface area contributed by atoms with E-state index in [1.54, 1.807) is 29.8 Å². The van der Waals surface area contributed by atoms with Gasteiger partial charge in [0.2, 0.25) is 0 Å². The summed E-state index contributed by atoms with van der Waals surface area (Å²) in [5.74, 6) is -0.000787. The molecule has 3 heterocycles. The summed E-state index contributed by atoms with van der Waals surface area (Å²) >= 11 is 3.21. The van der Waals surface area contributed by atoms with Crippen molar-refractivity contribution in [2.45, 2.75) is 12.1 Å². The molecule has 0 radical (unpaired) electrons. The Morgan fingerprint density at radius 3 is 3.17 bits per heavy atom. The zero-order valence-corrected chi connectivity index (χ0v) is 11.6. The monoisotopic (exact) mass is 282 g/mol. The summed E-state index contributed by atoms with van der Waals surface area (Å²) in [4.78, 5) is 12.9. The molecule has 0 bridgehead atoms. The summed E-state index contributed by atoms with van der Waals surface area (Å²) in [6.07, 6.45) is 0.0648. The Labute approximate surface area is 113 Å². The Bertz CT molecular complexity index is 535. The first kappa shape index (κ1) is 12.1. The van der Waals surface area contributed by atoms with E-state index in [-0.39, 0.29) is 18.1 Å². The maximum absolute atomic E-state index is 12.2. The molecule has 3 rings (SSSR count). The quantitative estimate of drug-likeness (QED) is 0.900. The van der Waals surface area contributed by atoms with Crippen molar-refractivity contribution in [3.05, 3.63) is 22.4 Å². The molecule has 4 nitrogen and oxygen atoms in total. The lowest BCUT2D eigenvalue weighted by Crippen LogP contribution is -2.43. The summed E-state index contributed by atoms with van der Waals surface area (Å²) in [5.41, 5.74) is 0. The number of methoxy groups -OCH3 is 1. The first-order valence-electron chi connectivity index (χ1n) is 5.79. The van der Waals surface area contributed by atoms with E-state index in [2.05, 4.69) is 16.7 Å². The Morgan fingerprint density at radius 1 is 1.50 bits per heavy atom. The van der Waals surface area contributed by atoms with Crippen LogP contribution in [0, 0.1) is 0 Å². The van der Waals surface area contributed by atoms with Crippen LogP contribution in [0.3, 0.4) is 0 Å². The lowest BCUT2D eigenvalue weighted by molar-refractivity contribution is 0.0783. The molecule has 2 aromatic heterocycles. The molecule has 0 aromatic carbocycles. The second kappa shape index (κ2) is 4.97. The highest BCUT2D eigenvalue weighted by Gasteiger charge is 2.28. The molecule has 1 fully saturated rings. The molecule has 6 heteroatoms. The molecule has 18 heavy (non-hydrogen) atoms. The lowest BCUT2D eigenvalue weighted by Gasteiger charge is -2.17. The van der Waals surface area contributed by atoms with Crippen LogP contribution >= 0.6 is 22.7 Å². The minimum Gasteiger partial charge on any atom is -0.378 e. The van der Waals surface area contributed by atoms with Crippen LogP contribution in [0.25, 0.3) is 9.40 Å². The van der Waals surface area contributed by atoms with Gasteiger partial charge in [0.25, 0.3) is 5.91 Å². The van der Waals surface area contributed by atoms with Crippen LogP contribution in [-0.2, 0) is 4.74 Å². The fourth-order valence-corrected chi connectivity index (χ4v) is 4.18. The Hall–Kier alpha value is -0.950. The Morgan fingerprint density at radius 2 is 2.39 bits per heavy atom. The Balaban J connectivity index is 1.73. The zero-order valence-electron chi connectivity index (χ0n) is 9.93. The number of thiophene rings is 2. The first-order valence-corrected chi connectivity index (χ1v) is 7.49. The second-order valence-corrected chi connectivity index (χ2v) is 6.30. The first-order chi connectivity index (χ1) is 8.78. The van der Waals surface area contributed by atoms with Gasteiger partial charge in [-0.2, -0.15) is 0 Å². The molecular formula is C12H14N2O2S2. The summed E-state index contributed by atoms with van der Waals surface area (Å²) < 4.78 is 7.69. The molecule has 0 saturated carbocycles. The molecule has 2 aromatic rings. The Kier molecular flexibility index (Phi) is 3.34. The van der Waals surface area contributed by atoms with E-state index in [4.69, 9.17) is 4.74 Å². The van der Waals surface area contributed by atoms with Gasteiger partial charge in [-0.3, -0.25) is 4.79 Å². The van der Waals surface area contributed by atoms with Gasteiger partial charge in [0.05, 0.1) is 17.0 Å². The average Bonchev–Trinajstić information content (AvgIpc) is 3.02. The predicted molar refractivity (Wildman–Crippen MR) is 74.6 cm³/mol. The number of amides is 1. The SMILES string of the molecule is CO[C@H]1CNCC1NC(=O)c1cc2sccc2s1. The number of fused-ring (bicyclic) bond motifs is 1. The van der Waals surface area contributed by atoms with Gasteiger partial charge < -0.3 is 15.4 Å². The van der Waals surface area contributed by atoms with E-state index < -0.39 is 0 Å². The molecule has 1 unspecified atom stereocenters. The van der Waals surface area contributed by atoms with Crippen molar-refractivity contribution >= 4 is 38.0 Å². The normalized spacial score (nSPS) is 23.6. The highest BCUT2D eigenvalue weighted by atomic mass is 32.1. The minimum absolute atomic E-state index is 0.000787. The van der Waals surface area contributed by atoms with Gasteiger partial charge in [0, 0.05) is 29.6 Å². The third-order valence-corrected chi connectivity index (χ3v) is 5.23. The number of nitrogens with one attached hydrogen (secondary N) is 2. The van der Waals surface area contributed by atoms with Gasteiger partial charge in [-0.05, 0) is 17.5 Å². The topological polar surface area (TPSA) is 50.4 Å². The highest BCUT2D eigenvalue weighted by molar-refractivity contribution is 7.27. The van der Waals surface area contributed by atoms with Gasteiger partial charge in [-0.15, -0.1) is 22.7 Å². The number of carbonyl (C=O) groups excluding carboxylic acids is 1. The van der Waals surface area contributed by atoms with E-state index in [1.165, 1.54) is 9.40 Å². The molecule has 2 N–H and O–H groups in total. The largest absolute Gasteiger partial charge is 0.378 e. The molecular weight excluding hydrogens is 268 g/mol. The van der Waals surface area contributed by atoms with Crippen LogP contribution in [0.15, 0.2) is 17.5 Å². The van der Waals surface area contributed by atoms with Gasteiger partial charge in [0.1, 0.15) is 0 Å². The minimum atomic E-state index is -0.000787. The van der Waals surface area contributed by atoms with Gasteiger partial charge >= 0.3 is 0 Å². The number of ether oxygens (including phenoxy) is 1. The molecule has 1 amide bonds. The molecule has 0 spiro atoms. The van der Waals surface area contributed by atoms with Crippen molar-refractivity contribution in [3.63, 3.8) is 0 Å². The second-order valence-electron chi connectivity index (χ2n) is 4.27. The summed E-state index contributed by atoms with van der Waals surface area (Å²) in [6, 6.07) is 4.07. The van der Waals surface area contributed by atoms with Crippen LogP contribution in [0.2, 0.25) is 0 Å². The van der Waals surface area contributed by atoms with Crippen molar-refractivity contribution in [1.82, 2.24) is 10.6 Å². The van der Waals surface area contributed by atoms with Gasteiger partial charge in [0.15, 0.2) is 0 Å². The smallest absolute Gasteiger partial charge is 0.261 e. The van der Waals surface area contributed by atoms with Crippen LogP contribution in [0.4, 0.5) is 0 Å². The van der Waals surface area contributed by atoms with E-state index in [1.807, 2.05) is 11.4 Å². The maximum atomic E-state index is 12.2. The van der Waals surface area contributed by atoms with Gasteiger partial charge in [-0.25, -0.2) is 0 Å².